The number of alkyl halides is 2. The fourth-order valence-corrected chi connectivity index (χ4v) is 6.66. The Bertz CT molecular complexity index is 1920. The Morgan fingerprint density at radius 3 is 2.81 bits per heavy atom. The van der Waals surface area contributed by atoms with E-state index in [-0.39, 0.29) is 40.7 Å². The number of hydrogen-bond donors (Lipinski definition) is 1. The third-order valence-electron chi connectivity index (χ3n) is 8.61. The van der Waals surface area contributed by atoms with Crippen LogP contribution in [0.15, 0.2) is 66.5 Å². The van der Waals surface area contributed by atoms with Gasteiger partial charge in [-0.05, 0) is 43.4 Å². The van der Waals surface area contributed by atoms with Crippen molar-refractivity contribution in [2.24, 2.45) is 0 Å². The number of aromatic nitrogens is 7. The van der Waals surface area contributed by atoms with Gasteiger partial charge in [-0.2, -0.15) is 19.0 Å². The molecule has 4 aromatic heterocycles. The SMILES string of the molecule is CSc1ccc(OC(F)F)c(-c2nn(CC(=O)N3CCC(N4CCn5cncc5C4)CC3)cc2NC(=O)c2cnn3cccnc23)c1. The molecular weight excluding hydrogens is 630 g/mol. The maximum atomic E-state index is 13.5. The molecule has 0 spiro atoms. The first-order valence-electron chi connectivity index (χ1n) is 15.2. The molecule has 1 saturated heterocycles. The summed E-state index contributed by atoms with van der Waals surface area (Å²) in [6.45, 7) is 0.766. The number of benzene rings is 1. The Kier molecular flexibility index (Phi) is 8.60. The second-order valence-corrected chi connectivity index (χ2v) is 12.3. The predicted octanol–water partition coefficient (Wildman–Crippen LogP) is 3.87. The molecule has 2 amide bonds. The summed E-state index contributed by atoms with van der Waals surface area (Å²) in [5, 5.41) is 11.6. The van der Waals surface area contributed by atoms with E-state index in [1.54, 1.807) is 30.6 Å². The Labute approximate surface area is 272 Å². The number of imidazole rings is 1. The molecule has 1 aromatic carbocycles. The zero-order valence-corrected chi connectivity index (χ0v) is 26.3. The number of carbonyl (C=O) groups is 2. The second-order valence-electron chi connectivity index (χ2n) is 11.4. The maximum absolute atomic E-state index is 13.5. The van der Waals surface area contributed by atoms with Crippen molar-refractivity contribution in [2.75, 3.05) is 31.2 Å². The van der Waals surface area contributed by atoms with Gasteiger partial charge in [0.1, 0.15) is 23.6 Å². The van der Waals surface area contributed by atoms with Gasteiger partial charge < -0.3 is 19.5 Å². The average Bonchev–Trinajstić information content (AvgIpc) is 3.83. The van der Waals surface area contributed by atoms with E-state index < -0.39 is 12.5 Å². The molecule has 0 aliphatic carbocycles. The highest BCUT2D eigenvalue weighted by atomic mass is 32.2. The lowest BCUT2D eigenvalue weighted by Gasteiger charge is -2.40. The lowest BCUT2D eigenvalue weighted by Crippen LogP contribution is -2.49. The number of fused-ring (bicyclic) bond motifs is 2. The first kappa shape index (κ1) is 30.8. The number of carbonyl (C=O) groups excluding carboxylic acids is 2. The van der Waals surface area contributed by atoms with E-state index in [1.807, 2.05) is 23.7 Å². The van der Waals surface area contributed by atoms with Gasteiger partial charge in [0.2, 0.25) is 5.91 Å². The van der Waals surface area contributed by atoms with Crippen LogP contribution in [0.5, 0.6) is 5.75 Å². The molecular formula is C31H32F2N10O3S. The van der Waals surface area contributed by atoms with Gasteiger partial charge in [-0.15, -0.1) is 11.8 Å². The summed E-state index contributed by atoms with van der Waals surface area (Å²) in [4.78, 5) is 40.6. The van der Waals surface area contributed by atoms with Gasteiger partial charge in [-0.3, -0.25) is 19.2 Å². The van der Waals surface area contributed by atoms with Crippen molar-refractivity contribution in [3.8, 4) is 17.0 Å². The van der Waals surface area contributed by atoms with Gasteiger partial charge in [0.15, 0.2) is 5.65 Å². The Balaban J connectivity index is 1.12. The van der Waals surface area contributed by atoms with Crippen molar-refractivity contribution < 1.29 is 23.1 Å². The summed E-state index contributed by atoms with van der Waals surface area (Å²) < 4.78 is 36.8. The number of rotatable bonds is 9. The van der Waals surface area contributed by atoms with Crippen LogP contribution < -0.4 is 10.1 Å². The van der Waals surface area contributed by atoms with Crippen molar-refractivity contribution in [3.63, 3.8) is 0 Å². The minimum absolute atomic E-state index is 0.0953. The van der Waals surface area contributed by atoms with Crippen LogP contribution in [-0.2, 0) is 24.4 Å². The molecule has 0 bridgehead atoms. The van der Waals surface area contributed by atoms with Gasteiger partial charge >= 0.3 is 6.61 Å². The number of nitrogens with one attached hydrogen (secondary N) is 1. The largest absolute Gasteiger partial charge is 0.434 e. The highest BCUT2D eigenvalue weighted by Crippen LogP contribution is 2.38. The number of piperidine rings is 1. The van der Waals surface area contributed by atoms with E-state index in [0.29, 0.717) is 24.8 Å². The lowest BCUT2D eigenvalue weighted by molar-refractivity contribution is -0.133. The standard InChI is InChI=1S/C31H32F2N10O3S/c1-47-22-3-4-26(46-31(32)33)23(13-22)28-25(37-30(45)24-15-36-43-8-2-7-35-29(24)43)17-42(38-28)18-27(44)39-9-5-20(6-10-39)40-11-12-41-19-34-14-21(41)16-40/h2-4,7-8,13-15,17,19-20,31H,5-6,9-12,16,18H2,1H3,(H,37,45). The summed E-state index contributed by atoms with van der Waals surface area (Å²) in [5.41, 5.74) is 2.42. The Hall–Kier alpha value is -4.83. The number of ether oxygens (including phenoxy) is 1. The van der Waals surface area contributed by atoms with Gasteiger partial charge in [0, 0.05) is 74.0 Å². The van der Waals surface area contributed by atoms with E-state index in [9.17, 15) is 18.4 Å². The van der Waals surface area contributed by atoms with E-state index in [4.69, 9.17) is 4.74 Å². The molecule has 1 fully saturated rings. The summed E-state index contributed by atoms with van der Waals surface area (Å²) >= 11 is 1.42. The number of anilines is 1. The molecule has 2 aliphatic rings. The molecule has 244 valence electrons. The van der Waals surface area contributed by atoms with Crippen LogP contribution in [0.4, 0.5) is 14.5 Å². The van der Waals surface area contributed by atoms with Gasteiger partial charge in [-0.1, -0.05) is 0 Å². The zero-order valence-electron chi connectivity index (χ0n) is 25.5. The molecule has 16 heteroatoms. The number of hydrogen-bond acceptors (Lipinski definition) is 9. The predicted molar refractivity (Wildman–Crippen MR) is 169 cm³/mol. The average molecular weight is 663 g/mol. The molecule has 47 heavy (non-hydrogen) atoms. The molecule has 7 rings (SSSR count). The summed E-state index contributed by atoms with van der Waals surface area (Å²) in [6.07, 6.45) is 13.5. The van der Waals surface area contributed by atoms with Crippen molar-refractivity contribution in [3.05, 3.63) is 72.8 Å². The number of thioether (sulfide) groups is 1. The summed E-state index contributed by atoms with van der Waals surface area (Å²) in [5.74, 6) is -0.753. The van der Waals surface area contributed by atoms with Crippen LogP contribution in [0.3, 0.4) is 0 Å². The Morgan fingerprint density at radius 2 is 2.00 bits per heavy atom. The van der Waals surface area contributed by atoms with Crippen molar-refractivity contribution in [1.29, 1.82) is 0 Å². The Morgan fingerprint density at radius 1 is 1.15 bits per heavy atom. The van der Waals surface area contributed by atoms with Crippen LogP contribution >= 0.6 is 11.8 Å². The summed E-state index contributed by atoms with van der Waals surface area (Å²) in [6, 6.07) is 6.85. The smallest absolute Gasteiger partial charge is 0.387 e. The zero-order chi connectivity index (χ0) is 32.5. The molecule has 6 heterocycles. The monoisotopic (exact) mass is 662 g/mol. The molecule has 0 radical (unpaired) electrons. The molecule has 0 unspecified atom stereocenters. The minimum Gasteiger partial charge on any atom is -0.434 e. The molecule has 13 nitrogen and oxygen atoms in total. The second kappa shape index (κ2) is 13.1. The first-order chi connectivity index (χ1) is 22.9. The fourth-order valence-electron chi connectivity index (χ4n) is 6.22. The third-order valence-corrected chi connectivity index (χ3v) is 9.34. The normalized spacial score (nSPS) is 15.7. The van der Waals surface area contributed by atoms with E-state index in [2.05, 4.69) is 34.9 Å². The quantitative estimate of drug-likeness (QED) is 0.234. The van der Waals surface area contributed by atoms with Crippen LogP contribution in [0, 0.1) is 0 Å². The third kappa shape index (κ3) is 6.42. The van der Waals surface area contributed by atoms with Gasteiger partial charge in [0.25, 0.3) is 5.91 Å². The van der Waals surface area contributed by atoms with E-state index in [0.717, 1.165) is 37.4 Å². The number of halogens is 2. The van der Waals surface area contributed by atoms with Gasteiger partial charge in [0.05, 0.1) is 23.9 Å². The number of amides is 2. The number of likely N-dealkylation sites (tertiary alicyclic amines) is 1. The van der Waals surface area contributed by atoms with Crippen LogP contribution in [0.1, 0.15) is 28.9 Å². The molecule has 2 aliphatic heterocycles. The highest BCUT2D eigenvalue weighted by molar-refractivity contribution is 7.98. The van der Waals surface area contributed by atoms with Crippen molar-refractivity contribution >= 4 is 34.9 Å². The molecule has 1 N–H and O–H groups in total. The van der Waals surface area contributed by atoms with Gasteiger partial charge in [-0.25, -0.2) is 14.5 Å². The minimum atomic E-state index is -3.07. The lowest BCUT2D eigenvalue weighted by atomic mass is 10.0. The van der Waals surface area contributed by atoms with Crippen molar-refractivity contribution in [1.82, 2.24) is 43.7 Å². The topological polar surface area (TPSA) is 128 Å². The van der Waals surface area contributed by atoms with E-state index in [1.165, 1.54) is 45.1 Å². The fraction of sp³-hybridized carbons (Fsp3) is 0.355. The number of nitrogens with zero attached hydrogens (tertiary/aromatic N) is 9. The molecule has 5 aromatic rings. The maximum Gasteiger partial charge on any atom is 0.387 e. The first-order valence-corrected chi connectivity index (χ1v) is 16.4. The molecule has 0 atom stereocenters. The summed E-state index contributed by atoms with van der Waals surface area (Å²) in [7, 11) is 0. The van der Waals surface area contributed by atoms with Crippen LogP contribution in [0.25, 0.3) is 16.9 Å². The van der Waals surface area contributed by atoms with Crippen molar-refractivity contribution in [2.45, 2.75) is 50.0 Å². The molecule has 0 saturated carbocycles. The van der Waals surface area contributed by atoms with Crippen LogP contribution in [0.2, 0.25) is 0 Å². The highest BCUT2D eigenvalue weighted by Gasteiger charge is 2.30. The van der Waals surface area contributed by atoms with E-state index >= 15 is 0 Å². The van der Waals surface area contributed by atoms with Crippen LogP contribution in [-0.4, -0.2) is 94.1 Å².